The molecule has 0 N–H and O–H groups in total. The monoisotopic (exact) mass is 333 g/mol. The third-order valence-electron chi connectivity index (χ3n) is 3.35. The molecule has 0 radical (unpaired) electrons. The Balaban J connectivity index is 1.54. The highest BCUT2D eigenvalue weighted by Gasteiger charge is 2.11. The minimum Gasteiger partial charge on any atom is -0.493 e. The van der Waals surface area contributed by atoms with E-state index in [0.29, 0.717) is 6.61 Å². The summed E-state index contributed by atoms with van der Waals surface area (Å²) in [5, 5.41) is 0.768. The van der Waals surface area contributed by atoms with Gasteiger partial charge in [0.2, 0.25) is 0 Å². The Hall–Kier alpha value is -1.55. The molecule has 0 amide bonds. The van der Waals surface area contributed by atoms with Gasteiger partial charge in [-0.1, -0.05) is 28.1 Å². The second-order valence-corrected chi connectivity index (χ2v) is 5.32. The van der Waals surface area contributed by atoms with Crippen molar-refractivity contribution < 1.29 is 9.47 Å². The first-order valence-corrected chi connectivity index (χ1v) is 7.85. The number of hydrogen-bond donors (Lipinski definition) is 0. The minimum absolute atomic E-state index is 0.662. The van der Waals surface area contributed by atoms with E-state index < -0.39 is 0 Å². The molecule has 0 fully saturated rings. The smallest absolute Gasteiger partial charge is 0.137 e. The van der Waals surface area contributed by atoms with Crippen molar-refractivity contribution >= 4 is 15.9 Å². The van der Waals surface area contributed by atoms with Gasteiger partial charge in [0, 0.05) is 18.2 Å². The molecule has 2 aromatic rings. The van der Waals surface area contributed by atoms with Gasteiger partial charge < -0.3 is 9.47 Å². The van der Waals surface area contributed by atoms with E-state index in [2.05, 4.69) is 39.1 Å². The molecule has 0 atom stereocenters. The van der Waals surface area contributed by atoms with Crippen molar-refractivity contribution in [2.24, 2.45) is 0 Å². The molecule has 1 aliphatic heterocycles. The van der Waals surface area contributed by atoms with E-state index in [1.54, 1.807) is 6.20 Å². The highest BCUT2D eigenvalue weighted by atomic mass is 79.9. The molecule has 0 spiro atoms. The highest BCUT2D eigenvalue weighted by Crippen LogP contribution is 2.26. The summed E-state index contributed by atoms with van der Waals surface area (Å²) in [6, 6.07) is 10.3. The zero-order chi connectivity index (χ0) is 13.8. The molecule has 0 unspecified atom stereocenters. The third kappa shape index (κ3) is 3.12. The van der Waals surface area contributed by atoms with Crippen LogP contribution in [0.25, 0.3) is 0 Å². The number of alkyl halides is 1. The highest BCUT2D eigenvalue weighted by molar-refractivity contribution is 9.08. The van der Waals surface area contributed by atoms with Crippen LogP contribution >= 0.6 is 15.9 Å². The van der Waals surface area contributed by atoms with Crippen LogP contribution in [0.1, 0.15) is 16.8 Å². The van der Waals surface area contributed by atoms with Crippen molar-refractivity contribution in [1.82, 2.24) is 4.98 Å². The van der Waals surface area contributed by atoms with Gasteiger partial charge in [-0.15, -0.1) is 0 Å². The van der Waals surface area contributed by atoms with E-state index in [4.69, 9.17) is 9.47 Å². The Kier molecular flexibility index (Phi) is 4.21. The maximum atomic E-state index is 5.72. The van der Waals surface area contributed by atoms with Gasteiger partial charge in [0.25, 0.3) is 0 Å². The van der Waals surface area contributed by atoms with E-state index in [0.717, 1.165) is 42.0 Å². The largest absolute Gasteiger partial charge is 0.493 e. The van der Waals surface area contributed by atoms with Crippen molar-refractivity contribution in [3.05, 3.63) is 53.3 Å². The Morgan fingerprint density at radius 2 is 2.20 bits per heavy atom. The van der Waals surface area contributed by atoms with Crippen LogP contribution in [-0.4, -0.2) is 18.2 Å². The van der Waals surface area contributed by atoms with Crippen molar-refractivity contribution in [3.63, 3.8) is 0 Å². The average molecular weight is 334 g/mol. The van der Waals surface area contributed by atoms with Gasteiger partial charge in [-0.2, -0.15) is 0 Å². The molecule has 0 bridgehead atoms. The summed E-state index contributed by atoms with van der Waals surface area (Å²) in [5.74, 6) is 1.85. The zero-order valence-electron chi connectivity index (χ0n) is 11.1. The lowest BCUT2D eigenvalue weighted by Gasteiger charge is -2.07. The lowest BCUT2D eigenvalue weighted by atomic mass is 10.1. The number of ether oxygens (including phenoxy) is 2. The van der Waals surface area contributed by atoms with Crippen molar-refractivity contribution in [1.29, 1.82) is 0 Å². The molecular weight excluding hydrogens is 318 g/mol. The molecule has 0 aliphatic carbocycles. The van der Waals surface area contributed by atoms with Crippen molar-refractivity contribution in [3.8, 4) is 11.5 Å². The molecule has 1 aliphatic rings. The third-order valence-corrected chi connectivity index (χ3v) is 3.92. The zero-order valence-corrected chi connectivity index (χ0v) is 12.7. The van der Waals surface area contributed by atoms with Gasteiger partial charge in [-0.3, -0.25) is 4.98 Å². The summed E-state index contributed by atoms with van der Waals surface area (Å²) in [5.41, 5.74) is 3.61. The number of fused-ring (bicyclic) bond motifs is 1. The summed E-state index contributed by atoms with van der Waals surface area (Å²) >= 11 is 3.38. The minimum atomic E-state index is 0.662. The number of benzene rings is 1. The molecule has 20 heavy (non-hydrogen) atoms. The van der Waals surface area contributed by atoms with Crippen LogP contribution in [-0.2, 0) is 18.2 Å². The Morgan fingerprint density at radius 1 is 1.25 bits per heavy atom. The quantitative estimate of drug-likeness (QED) is 0.784. The lowest BCUT2D eigenvalue weighted by Crippen LogP contribution is -2.02. The molecule has 3 nitrogen and oxygen atoms in total. The summed E-state index contributed by atoms with van der Waals surface area (Å²) in [6.07, 6.45) is 3.68. The number of hydrogen-bond acceptors (Lipinski definition) is 3. The van der Waals surface area contributed by atoms with Crippen LogP contribution in [0.3, 0.4) is 0 Å². The van der Waals surface area contributed by atoms with Gasteiger partial charge in [-0.05, 0) is 29.3 Å². The Bertz CT molecular complexity index is 584. The standard InChI is InChI=1S/C16H16BrNO2/c17-10-14-2-3-15(11-18-14)19-7-5-12-1-4-16-13(9-12)6-8-20-16/h1-4,9,11H,5-8,10H2. The van der Waals surface area contributed by atoms with Crippen LogP contribution in [0.15, 0.2) is 36.5 Å². The molecule has 3 rings (SSSR count). The maximum absolute atomic E-state index is 5.72. The average Bonchev–Trinajstić information content (AvgIpc) is 2.95. The molecule has 0 saturated carbocycles. The van der Waals surface area contributed by atoms with Gasteiger partial charge in [0.15, 0.2) is 0 Å². The number of nitrogens with zero attached hydrogens (tertiary/aromatic N) is 1. The van der Waals surface area contributed by atoms with E-state index in [1.165, 1.54) is 11.1 Å². The fourth-order valence-electron chi connectivity index (χ4n) is 2.26. The van der Waals surface area contributed by atoms with Crippen molar-refractivity contribution in [2.75, 3.05) is 13.2 Å². The molecule has 2 heterocycles. The van der Waals surface area contributed by atoms with Crippen LogP contribution < -0.4 is 9.47 Å². The van der Waals surface area contributed by atoms with E-state index in [1.807, 2.05) is 12.1 Å². The normalized spacial score (nSPS) is 12.8. The van der Waals surface area contributed by atoms with Gasteiger partial charge in [0.1, 0.15) is 11.5 Å². The van der Waals surface area contributed by atoms with Gasteiger partial charge in [-0.25, -0.2) is 0 Å². The number of aromatic nitrogens is 1. The number of rotatable bonds is 5. The second-order valence-electron chi connectivity index (χ2n) is 4.76. The maximum Gasteiger partial charge on any atom is 0.137 e. The topological polar surface area (TPSA) is 31.4 Å². The van der Waals surface area contributed by atoms with Gasteiger partial charge >= 0.3 is 0 Å². The van der Waals surface area contributed by atoms with Gasteiger partial charge in [0.05, 0.1) is 25.1 Å². The molecule has 104 valence electrons. The Morgan fingerprint density at radius 3 is 3.00 bits per heavy atom. The van der Waals surface area contributed by atoms with E-state index >= 15 is 0 Å². The summed E-state index contributed by atoms with van der Waals surface area (Å²) < 4.78 is 11.2. The molecule has 1 aromatic heterocycles. The fraction of sp³-hybridized carbons (Fsp3) is 0.312. The van der Waals surface area contributed by atoms with E-state index in [9.17, 15) is 0 Å². The molecule has 4 heteroatoms. The lowest BCUT2D eigenvalue weighted by molar-refractivity contribution is 0.320. The van der Waals surface area contributed by atoms with Crippen LogP contribution in [0.2, 0.25) is 0 Å². The Labute approximate surface area is 127 Å². The first-order chi connectivity index (χ1) is 9.85. The van der Waals surface area contributed by atoms with Crippen molar-refractivity contribution in [2.45, 2.75) is 18.2 Å². The predicted octanol–water partition coefficient (Wildman–Crippen LogP) is 3.53. The summed E-state index contributed by atoms with van der Waals surface area (Å²) in [7, 11) is 0. The van der Waals surface area contributed by atoms with Crippen LogP contribution in [0.5, 0.6) is 11.5 Å². The van der Waals surface area contributed by atoms with E-state index in [-0.39, 0.29) is 0 Å². The SMILES string of the molecule is BrCc1ccc(OCCc2ccc3c(c2)CCO3)cn1. The molecular formula is C16H16BrNO2. The molecule has 1 aromatic carbocycles. The summed E-state index contributed by atoms with van der Waals surface area (Å²) in [4.78, 5) is 4.28. The first kappa shape index (κ1) is 13.4. The fourth-order valence-corrected chi connectivity index (χ4v) is 2.59. The van der Waals surface area contributed by atoms with Crippen LogP contribution in [0.4, 0.5) is 0 Å². The number of halogens is 1. The number of pyridine rings is 1. The summed E-state index contributed by atoms with van der Waals surface area (Å²) in [6.45, 7) is 1.47. The second kappa shape index (κ2) is 6.27. The first-order valence-electron chi connectivity index (χ1n) is 6.73. The predicted molar refractivity (Wildman–Crippen MR) is 81.7 cm³/mol. The molecule has 0 saturated heterocycles. The van der Waals surface area contributed by atoms with Crippen LogP contribution in [0, 0.1) is 0 Å².